The van der Waals surface area contributed by atoms with Crippen molar-refractivity contribution in [3.8, 4) is 5.75 Å². The van der Waals surface area contributed by atoms with Gasteiger partial charge in [-0.1, -0.05) is 0 Å². The second kappa shape index (κ2) is 4.71. The Morgan fingerprint density at radius 1 is 1.26 bits per heavy atom. The van der Waals surface area contributed by atoms with E-state index in [4.69, 9.17) is 10.9 Å². The first-order chi connectivity index (χ1) is 8.86. The maximum Gasteiger partial charge on any atom is 0.238 e. The number of nitrogens with two attached hydrogens (primary N) is 2. The number of benzene rings is 1. The Balaban J connectivity index is 2.40. The molecule has 0 aliphatic rings. The monoisotopic (exact) mass is 281 g/mol. The molecule has 8 nitrogen and oxygen atoms in total. The van der Waals surface area contributed by atoms with Crippen LogP contribution in [0, 0.1) is 0 Å². The predicted molar refractivity (Wildman–Crippen MR) is 69.2 cm³/mol. The molecule has 0 unspecified atom stereocenters. The molecule has 2 rings (SSSR count). The number of aromatic nitrogens is 2. The fourth-order valence-corrected chi connectivity index (χ4v) is 1.91. The number of primary sulfonamides is 1. The zero-order chi connectivity index (χ0) is 14.0. The lowest BCUT2D eigenvalue weighted by molar-refractivity contribution is 0.477. The van der Waals surface area contributed by atoms with Crippen LogP contribution in [0.4, 0.5) is 17.5 Å². The van der Waals surface area contributed by atoms with Crippen molar-refractivity contribution in [2.45, 2.75) is 4.90 Å². The van der Waals surface area contributed by atoms with Gasteiger partial charge in [0.1, 0.15) is 11.6 Å². The van der Waals surface area contributed by atoms with Crippen molar-refractivity contribution >= 4 is 27.5 Å². The normalized spacial score (nSPS) is 11.2. The van der Waals surface area contributed by atoms with Gasteiger partial charge in [0, 0.05) is 6.20 Å². The molecule has 6 N–H and O–H groups in total. The Hall–Kier alpha value is -2.39. The average molecular weight is 281 g/mol. The largest absolute Gasteiger partial charge is 0.506 e. The van der Waals surface area contributed by atoms with Crippen LogP contribution < -0.4 is 16.2 Å². The zero-order valence-corrected chi connectivity index (χ0v) is 10.4. The lowest BCUT2D eigenvalue weighted by atomic mass is 10.3. The van der Waals surface area contributed by atoms with Gasteiger partial charge in [-0.05, 0) is 24.3 Å². The van der Waals surface area contributed by atoms with Crippen molar-refractivity contribution in [3.05, 3.63) is 30.5 Å². The lowest BCUT2D eigenvalue weighted by Crippen LogP contribution is -2.12. The fourth-order valence-electron chi connectivity index (χ4n) is 1.37. The molecule has 0 fully saturated rings. The number of hydrogen-bond acceptors (Lipinski definition) is 7. The van der Waals surface area contributed by atoms with E-state index >= 15 is 0 Å². The van der Waals surface area contributed by atoms with Crippen LogP contribution >= 0.6 is 0 Å². The molecule has 0 amide bonds. The molecule has 1 heterocycles. The molecule has 2 aromatic rings. The fraction of sp³-hybridized carbons (Fsp3) is 0. The summed E-state index contributed by atoms with van der Waals surface area (Å²) in [6.45, 7) is 0. The summed E-state index contributed by atoms with van der Waals surface area (Å²) in [5.74, 6) is 0.214. The number of rotatable bonds is 3. The van der Waals surface area contributed by atoms with Crippen molar-refractivity contribution in [2.24, 2.45) is 5.14 Å². The molecular formula is C10H11N5O3S. The van der Waals surface area contributed by atoms with Gasteiger partial charge in [-0.2, -0.15) is 4.98 Å². The Labute approximate surface area is 109 Å². The molecule has 0 aliphatic carbocycles. The summed E-state index contributed by atoms with van der Waals surface area (Å²) in [7, 11) is -3.85. The zero-order valence-electron chi connectivity index (χ0n) is 9.61. The summed E-state index contributed by atoms with van der Waals surface area (Å²) in [4.78, 5) is 7.44. The minimum atomic E-state index is -3.85. The number of hydrogen-bond donors (Lipinski definition) is 4. The summed E-state index contributed by atoms with van der Waals surface area (Å²) in [6, 6.07) is 5.12. The maximum absolute atomic E-state index is 11.2. The van der Waals surface area contributed by atoms with Crippen molar-refractivity contribution in [3.63, 3.8) is 0 Å². The number of sulfonamides is 1. The van der Waals surface area contributed by atoms with Crippen LogP contribution in [0.1, 0.15) is 0 Å². The molecule has 0 radical (unpaired) electrons. The van der Waals surface area contributed by atoms with E-state index in [1.54, 1.807) is 0 Å². The summed E-state index contributed by atoms with van der Waals surface area (Å²) < 4.78 is 22.5. The molecule has 1 aromatic heterocycles. The first kappa shape index (κ1) is 13.1. The predicted octanol–water partition coefficient (Wildman–Crippen LogP) is 0.155. The first-order valence-corrected chi connectivity index (χ1v) is 6.62. The Morgan fingerprint density at radius 3 is 2.63 bits per heavy atom. The van der Waals surface area contributed by atoms with E-state index in [1.807, 2.05) is 0 Å². The maximum atomic E-state index is 11.2. The van der Waals surface area contributed by atoms with E-state index < -0.39 is 10.0 Å². The molecule has 1 aromatic carbocycles. The van der Waals surface area contributed by atoms with Gasteiger partial charge in [0.2, 0.25) is 16.0 Å². The molecular weight excluding hydrogens is 270 g/mol. The molecule has 100 valence electrons. The van der Waals surface area contributed by atoms with Gasteiger partial charge >= 0.3 is 0 Å². The molecule has 0 bridgehead atoms. The van der Waals surface area contributed by atoms with Crippen molar-refractivity contribution < 1.29 is 13.5 Å². The highest BCUT2D eigenvalue weighted by Crippen LogP contribution is 2.28. The third-order valence-electron chi connectivity index (χ3n) is 2.23. The molecule has 9 heteroatoms. The number of anilines is 3. The van der Waals surface area contributed by atoms with Crippen molar-refractivity contribution in [2.75, 3.05) is 11.1 Å². The number of aromatic hydroxyl groups is 1. The van der Waals surface area contributed by atoms with Crippen LogP contribution in [-0.2, 0) is 10.0 Å². The van der Waals surface area contributed by atoms with E-state index in [0.29, 0.717) is 5.82 Å². The second-order valence-electron chi connectivity index (χ2n) is 3.65. The van der Waals surface area contributed by atoms with Crippen LogP contribution in [0.25, 0.3) is 0 Å². The van der Waals surface area contributed by atoms with Gasteiger partial charge in [0.05, 0.1) is 10.6 Å². The standard InChI is InChI=1S/C10H11N5O3S/c11-10-13-4-3-9(15-10)14-7-5-6(19(12,17)18)1-2-8(7)16/h1-5,16H,(H2,12,17,18)(H3,11,13,14,15). The average Bonchev–Trinajstić information content (AvgIpc) is 2.30. The molecule has 0 atom stereocenters. The van der Waals surface area contributed by atoms with E-state index in [0.717, 1.165) is 0 Å². The first-order valence-electron chi connectivity index (χ1n) is 5.07. The topological polar surface area (TPSA) is 144 Å². The van der Waals surface area contributed by atoms with E-state index in [2.05, 4.69) is 15.3 Å². The van der Waals surface area contributed by atoms with Crippen molar-refractivity contribution in [1.29, 1.82) is 0 Å². The molecule has 0 spiro atoms. The molecule has 0 aliphatic heterocycles. The van der Waals surface area contributed by atoms with Gasteiger partial charge in [-0.15, -0.1) is 0 Å². The minimum Gasteiger partial charge on any atom is -0.506 e. The highest BCUT2D eigenvalue weighted by Gasteiger charge is 2.11. The smallest absolute Gasteiger partial charge is 0.238 e. The molecule has 0 saturated carbocycles. The lowest BCUT2D eigenvalue weighted by Gasteiger charge is -2.09. The molecule has 0 saturated heterocycles. The van der Waals surface area contributed by atoms with Gasteiger partial charge in [0.25, 0.3) is 0 Å². The van der Waals surface area contributed by atoms with Crippen LogP contribution in [0.3, 0.4) is 0 Å². The highest BCUT2D eigenvalue weighted by atomic mass is 32.2. The SMILES string of the molecule is Nc1nccc(Nc2cc(S(N)(=O)=O)ccc2O)n1. The van der Waals surface area contributed by atoms with Crippen LogP contribution in [-0.4, -0.2) is 23.5 Å². The number of nitrogens with zero attached hydrogens (tertiary/aromatic N) is 2. The van der Waals surface area contributed by atoms with Gasteiger partial charge < -0.3 is 16.2 Å². The molecule has 19 heavy (non-hydrogen) atoms. The Bertz CT molecular complexity index is 717. The summed E-state index contributed by atoms with van der Waals surface area (Å²) in [6.07, 6.45) is 1.42. The van der Waals surface area contributed by atoms with Crippen LogP contribution in [0.15, 0.2) is 35.4 Å². The van der Waals surface area contributed by atoms with Crippen LogP contribution in [0.5, 0.6) is 5.75 Å². The van der Waals surface area contributed by atoms with Crippen LogP contribution in [0.2, 0.25) is 0 Å². The Morgan fingerprint density at radius 2 is 2.00 bits per heavy atom. The van der Waals surface area contributed by atoms with E-state index in [-0.39, 0.29) is 22.3 Å². The highest BCUT2D eigenvalue weighted by molar-refractivity contribution is 7.89. The Kier molecular flexibility index (Phi) is 3.23. The quantitative estimate of drug-likeness (QED) is 0.586. The summed E-state index contributed by atoms with van der Waals surface area (Å²) >= 11 is 0. The third-order valence-corrected chi connectivity index (χ3v) is 3.14. The van der Waals surface area contributed by atoms with Gasteiger partial charge in [-0.3, -0.25) is 0 Å². The van der Waals surface area contributed by atoms with Gasteiger partial charge in [0.15, 0.2) is 0 Å². The van der Waals surface area contributed by atoms with Crippen molar-refractivity contribution in [1.82, 2.24) is 9.97 Å². The second-order valence-corrected chi connectivity index (χ2v) is 5.21. The van der Waals surface area contributed by atoms with Gasteiger partial charge in [-0.25, -0.2) is 18.5 Å². The van der Waals surface area contributed by atoms with E-state index in [1.165, 1.54) is 30.5 Å². The third kappa shape index (κ3) is 3.09. The summed E-state index contributed by atoms with van der Waals surface area (Å²) in [5, 5.41) is 17.4. The van der Waals surface area contributed by atoms with E-state index in [9.17, 15) is 13.5 Å². The number of phenols is 1. The summed E-state index contributed by atoms with van der Waals surface area (Å²) in [5.41, 5.74) is 5.55. The number of phenolic OH excluding ortho intramolecular Hbond substituents is 1. The minimum absolute atomic E-state index is 0.0482. The number of nitrogens with one attached hydrogen (secondary N) is 1. The number of nitrogen functional groups attached to an aromatic ring is 1.